The summed E-state index contributed by atoms with van der Waals surface area (Å²) in [4.78, 5) is 27.2. The Morgan fingerprint density at radius 2 is 1.71 bits per heavy atom. The summed E-state index contributed by atoms with van der Waals surface area (Å²) in [6, 6.07) is 10.3. The Bertz CT molecular complexity index is 991. The van der Waals surface area contributed by atoms with Gasteiger partial charge < -0.3 is 24.8 Å². The van der Waals surface area contributed by atoms with Crippen molar-refractivity contribution in [1.29, 1.82) is 0 Å². The van der Waals surface area contributed by atoms with Crippen LogP contribution in [0.5, 0.6) is 11.5 Å². The highest BCUT2D eigenvalue weighted by molar-refractivity contribution is 5.96. The van der Waals surface area contributed by atoms with Gasteiger partial charge in [0.1, 0.15) is 25.1 Å². The number of aliphatic hydroxyl groups excluding tert-OH is 1. The zero-order valence-electron chi connectivity index (χ0n) is 19.2. The summed E-state index contributed by atoms with van der Waals surface area (Å²) in [5, 5.41) is 14.1. The second kappa shape index (κ2) is 11.4. The molecule has 2 aliphatic rings. The van der Waals surface area contributed by atoms with Crippen molar-refractivity contribution >= 4 is 11.7 Å². The lowest BCUT2D eigenvalue weighted by atomic mass is 10.00. The molecule has 0 saturated carbocycles. The van der Waals surface area contributed by atoms with Crippen LogP contribution in [0.25, 0.3) is 0 Å². The van der Waals surface area contributed by atoms with Gasteiger partial charge in [0.05, 0.1) is 6.04 Å². The van der Waals surface area contributed by atoms with Crippen LogP contribution in [0.15, 0.2) is 42.5 Å². The van der Waals surface area contributed by atoms with Crippen molar-refractivity contribution in [2.75, 3.05) is 32.8 Å². The van der Waals surface area contributed by atoms with Crippen molar-refractivity contribution in [2.24, 2.45) is 0 Å². The number of hydrogen-bond acceptors (Lipinski definition) is 6. The van der Waals surface area contributed by atoms with Gasteiger partial charge in [-0.05, 0) is 74.3 Å². The van der Waals surface area contributed by atoms with E-state index in [4.69, 9.17) is 9.47 Å². The minimum absolute atomic E-state index is 0.127. The third kappa shape index (κ3) is 6.33. The largest absolute Gasteiger partial charge is 0.486 e. The summed E-state index contributed by atoms with van der Waals surface area (Å²) in [7, 11) is 0. The highest BCUT2D eigenvalue weighted by atomic mass is 19.1. The fraction of sp³-hybridized carbons (Fsp3) is 0.462. The molecule has 2 aromatic carbocycles. The van der Waals surface area contributed by atoms with Gasteiger partial charge in [-0.3, -0.25) is 9.59 Å². The first-order chi connectivity index (χ1) is 16.5. The van der Waals surface area contributed by atoms with Gasteiger partial charge in [-0.15, -0.1) is 0 Å². The normalized spacial score (nSPS) is 17.2. The summed E-state index contributed by atoms with van der Waals surface area (Å²) in [5.41, 5.74) is 1.09. The van der Waals surface area contributed by atoms with Crippen molar-refractivity contribution in [3.63, 3.8) is 0 Å². The molecule has 7 nitrogen and oxygen atoms in total. The van der Waals surface area contributed by atoms with E-state index >= 15 is 0 Å². The van der Waals surface area contributed by atoms with E-state index in [-0.39, 0.29) is 24.5 Å². The number of amides is 1. The van der Waals surface area contributed by atoms with Crippen molar-refractivity contribution in [1.82, 2.24) is 10.2 Å². The number of fused-ring (bicyclic) bond motifs is 1. The van der Waals surface area contributed by atoms with Crippen LogP contribution < -0.4 is 14.8 Å². The molecule has 0 aromatic heterocycles. The average molecular weight is 471 g/mol. The van der Waals surface area contributed by atoms with Crippen LogP contribution in [0.3, 0.4) is 0 Å². The highest BCUT2D eigenvalue weighted by Crippen LogP contribution is 2.33. The van der Waals surface area contributed by atoms with E-state index in [1.807, 2.05) is 0 Å². The van der Waals surface area contributed by atoms with Crippen LogP contribution in [-0.2, 0) is 4.79 Å². The minimum atomic E-state index is -0.916. The fourth-order valence-electron chi connectivity index (χ4n) is 4.41. The molecule has 8 heteroatoms. The first-order valence-corrected chi connectivity index (χ1v) is 11.9. The molecule has 0 spiro atoms. The molecule has 0 bridgehead atoms. The number of aliphatic hydroxyl groups is 1. The quantitative estimate of drug-likeness (QED) is 0.519. The predicted octanol–water partition coefficient (Wildman–Crippen LogP) is 3.26. The molecule has 0 unspecified atom stereocenters. The first-order valence-electron chi connectivity index (χ1n) is 11.9. The molecule has 1 amide bonds. The van der Waals surface area contributed by atoms with Crippen LogP contribution >= 0.6 is 0 Å². The summed E-state index contributed by atoms with van der Waals surface area (Å²) in [6.07, 6.45) is 2.02. The van der Waals surface area contributed by atoms with Gasteiger partial charge in [0.15, 0.2) is 17.3 Å². The lowest BCUT2D eigenvalue weighted by molar-refractivity contribution is -0.123. The van der Waals surface area contributed by atoms with Gasteiger partial charge in [0, 0.05) is 24.9 Å². The van der Waals surface area contributed by atoms with Crippen molar-refractivity contribution in [3.8, 4) is 11.5 Å². The van der Waals surface area contributed by atoms with Gasteiger partial charge in [0.2, 0.25) is 5.91 Å². The molecule has 0 radical (unpaired) electrons. The summed E-state index contributed by atoms with van der Waals surface area (Å²) in [6.45, 7) is 3.36. The van der Waals surface area contributed by atoms with Crippen LogP contribution in [0, 0.1) is 5.82 Å². The molecule has 2 atom stereocenters. The van der Waals surface area contributed by atoms with Gasteiger partial charge in [0.25, 0.3) is 0 Å². The maximum absolute atomic E-state index is 13.0. The summed E-state index contributed by atoms with van der Waals surface area (Å²) < 4.78 is 24.2. The average Bonchev–Trinajstić information content (AvgIpc) is 3.36. The number of ether oxygens (including phenoxy) is 2. The Balaban J connectivity index is 1.35. The second-order valence-electron chi connectivity index (χ2n) is 8.81. The highest BCUT2D eigenvalue weighted by Gasteiger charge is 2.27. The first kappa shape index (κ1) is 24.2. The number of halogens is 1. The van der Waals surface area contributed by atoms with E-state index in [0.29, 0.717) is 48.8 Å². The third-order valence-corrected chi connectivity index (χ3v) is 6.26. The zero-order chi connectivity index (χ0) is 23.9. The Hall–Kier alpha value is -2.97. The van der Waals surface area contributed by atoms with Crippen molar-refractivity contribution in [2.45, 2.75) is 44.2 Å². The van der Waals surface area contributed by atoms with E-state index in [0.717, 1.165) is 25.9 Å². The topological polar surface area (TPSA) is 88.1 Å². The SMILES string of the molecule is O=C(CCCC(=O)c1ccc(F)cc1)N[C@H](CN1CCCC1)[C@H](O)c1ccc2c(c1)OCCO2. The predicted molar refractivity (Wildman–Crippen MR) is 125 cm³/mol. The molecule has 2 aliphatic heterocycles. The Kier molecular flexibility index (Phi) is 8.13. The number of likely N-dealkylation sites (tertiary alicyclic amines) is 1. The minimum Gasteiger partial charge on any atom is -0.486 e. The number of carbonyl (C=O) groups excluding carboxylic acids is 2. The summed E-state index contributed by atoms with van der Waals surface area (Å²) in [5.74, 6) is 0.503. The van der Waals surface area contributed by atoms with Crippen LogP contribution in [0.4, 0.5) is 4.39 Å². The van der Waals surface area contributed by atoms with Crippen LogP contribution in [0.2, 0.25) is 0 Å². The number of ketones is 1. The molecule has 182 valence electrons. The van der Waals surface area contributed by atoms with E-state index in [1.165, 1.54) is 24.3 Å². The van der Waals surface area contributed by atoms with Crippen LogP contribution in [0.1, 0.15) is 54.1 Å². The number of nitrogens with zero attached hydrogens (tertiary/aromatic N) is 1. The zero-order valence-corrected chi connectivity index (χ0v) is 19.2. The monoisotopic (exact) mass is 470 g/mol. The van der Waals surface area contributed by atoms with E-state index in [2.05, 4.69) is 10.2 Å². The van der Waals surface area contributed by atoms with E-state index in [9.17, 15) is 19.1 Å². The fourth-order valence-corrected chi connectivity index (χ4v) is 4.41. The van der Waals surface area contributed by atoms with Crippen molar-refractivity contribution < 1.29 is 28.6 Å². The summed E-state index contributed by atoms with van der Waals surface area (Å²) >= 11 is 0. The standard InChI is InChI=1S/C26H31FN2O5/c27-20-9-6-18(7-10-20)22(30)4-3-5-25(31)28-21(17-29-12-1-2-13-29)26(32)19-8-11-23-24(16-19)34-15-14-33-23/h6-11,16,21,26,32H,1-5,12-15,17H2,(H,28,31)/t21-,26-/m1/s1. The molecule has 0 aliphatic carbocycles. The lowest BCUT2D eigenvalue weighted by Crippen LogP contribution is -2.46. The molecule has 4 rings (SSSR count). The molecule has 1 fully saturated rings. The van der Waals surface area contributed by atoms with E-state index < -0.39 is 18.0 Å². The van der Waals surface area contributed by atoms with Gasteiger partial charge in [-0.25, -0.2) is 4.39 Å². The van der Waals surface area contributed by atoms with E-state index in [1.54, 1.807) is 18.2 Å². The van der Waals surface area contributed by atoms with Crippen molar-refractivity contribution in [3.05, 3.63) is 59.4 Å². The van der Waals surface area contributed by atoms with Crippen LogP contribution in [-0.4, -0.2) is 60.6 Å². The Morgan fingerprint density at radius 3 is 2.44 bits per heavy atom. The van der Waals surface area contributed by atoms with Gasteiger partial charge in [-0.2, -0.15) is 0 Å². The molecular weight excluding hydrogens is 439 g/mol. The molecule has 2 aromatic rings. The lowest BCUT2D eigenvalue weighted by Gasteiger charge is -2.29. The molecular formula is C26H31FN2O5. The Morgan fingerprint density at radius 1 is 1.00 bits per heavy atom. The number of carbonyl (C=O) groups is 2. The number of nitrogens with one attached hydrogen (secondary N) is 1. The third-order valence-electron chi connectivity index (χ3n) is 6.26. The molecule has 2 N–H and O–H groups in total. The maximum atomic E-state index is 13.0. The molecule has 2 heterocycles. The number of Topliss-reactive ketones (excluding diaryl/α,β-unsaturated/α-hetero) is 1. The van der Waals surface area contributed by atoms with Gasteiger partial charge >= 0.3 is 0 Å². The number of rotatable bonds is 10. The molecule has 34 heavy (non-hydrogen) atoms. The smallest absolute Gasteiger partial charge is 0.220 e. The number of benzene rings is 2. The maximum Gasteiger partial charge on any atom is 0.220 e. The second-order valence-corrected chi connectivity index (χ2v) is 8.81. The molecule has 1 saturated heterocycles. The van der Waals surface area contributed by atoms with Gasteiger partial charge in [-0.1, -0.05) is 6.07 Å². The number of hydrogen-bond donors (Lipinski definition) is 2. The Labute approximate surface area is 198 Å².